The summed E-state index contributed by atoms with van der Waals surface area (Å²) < 4.78 is 0. The van der Waals surface area contributed by atoms with Gasteiger partial charge in [0.2, 0.25) is 0 Å². The minimum atomic E-state index is -0.0491. The molecule has 1 aliphatic carbocycles. The summed E-state index contributed by atoms with van der Waals surface area (Å²) in [5.74, 6) is 0.767. The van der Waals surface area contributed by atoms with E-state index in [0.29, 0.717) is 12.0 Å². The van der Waals surface area contributed by atoms with Crippen LogP contribution in [0.5, 0.6) is 0 Å². The van der Waals surface area contributed by atoms with Crippen molar-refractivity contribution >= 4 is 11.6 Å². The molecule has 0 atom stereocenters. The molecule has 0 aliphatic heterocycles. The van der Waals surface area contributed by atoms with Gasteiger partial charge < -0.3 is 0 Å². The Bertz CT molecular complexity index is 402. The lowest BCUT2D eigenvalue weighted by atomic mass is 9.97. The van der Waals surface area contributed by atoms with Gasteiger partial charge in [0.25, 0.3) is 0 Å². The monoisotopic (exact) mass is 244 g/mol. The molecule has 1 aromatic carbocycles. The molecule has 1 aliphatic rings. The molecule has 2 rings (SSSR count). The van der Waals surface area contributed by atoms with Crippen molar-refractivity contribution in [1.29, 1.82) is 0 Å². The molecule has 0 spiro atoms. The minimum absolute atomic E-state index is 0.0491. The molecule has 0 N–H and O–H groups in total. The van der Waals surface area contributed by atoms with Gasteiger partial charge in [0.1, 0.15) is 5.78 Å². The highest BCUT2D eigenvalue weighted by Crippen LogP contribution is 2.28. The third kappa shape index (κ3) is 3.80. The predicted octanol–water partition coefficient (Wildman–Crippen LogP) is 3.80. The zero-order chi connectivity index (χ0) is 12.8. The van der Waals surface area contributed by atoms with Crippen LogP contribution in [0.3, 0.4) is 0 Å². The third-order valence-electron chi connectivity index (χ3n) is 3.76. The van der Waals surface area contributed by atoms with Gasteiger partial charge in [0.05, 0.1) is 6.42 Å². The van der Waals surface area contributed by atoms with Crippen LogP contribution < -0.4 is 0 Å². The lowest BCUT2D eigenvalue weighted by Gasteiger charge is -2.07. The highest BCUT2D eigenvalue weighted by Gasteiger charge is 2.17. The molecule has 0 bridgehead atoms. The van der Waals surface area contributed by atoms with E-state index < -0.39 is 0 Å². The number of carbonyl (C=O) groups excluding carboxylic acids is 2. The number of Topliss-reactive ketones (excluding diaryl/α,β-unsaturated/α-hetero) is 2. The Balaban J connectivity index is 1.75. The first-order valence-electron chi connectivity index (χ1n) is 6.85. The van der Waals surface area contributed by atoms with Gasteiger partial charge in [-0.1, -0.05) is 56.0 Å². The normalized spacial score (nSPS) is 15.8. The zero-order valence-electron chi connectivity index (χ0n) is 10.7. The average Bonchev–Trinajstić information content (AvgIpc) is 2.90. The fraction of sp³-hybridized carbons (Fsp3) is 0.500. The summed E-state index contributed by atoms with van der Waals surface area (Å²) in [7, 11) is 0. The van der Waals surface area contributed by atoms with Gasteiger partial charge in [-0.3, -0.25) is 9.59 Å². The van der Waals surface area contributed by atoms with Gasteiger partial charge in [0, 0.05) is 12.0 Å². The molecule has 2 nitrogen and oxygen atoms in total. The second-order valence-electron chi connectivity index (χ2n) is 5.19. The summed E-state index contributed by atoms with van der Waals surface area (Å²) in [6.45, 7) is 0. The van der Waals surface area contributed by atoms with Crippen LogP contribution in [-0.2, 0) is 4.79 Å². The number of hydrogen-bond donors (Lipinski definition) is 0. The maximum absolute atomic E-state index is 11.8. The predicted molar refractivity (Wildman–Crippen MR) is 71.6 cm³/mol. The van der Waals surface area contributed by atoms with Gasteiger partial charge >= 0.3 is 0 Å². The lowest BCUT2D eigenvalue weighted by molar-refractivity contribution is -0.118. The smallest absolute Gasteiger partial charge is 0.170 e. The molecule has 0 amide bonds. The molecule has 0 aromatic heterocycles. The summed E-state index contributed by atoms with van der Waals surface area (Å²) in [5.41, 5.74) is 0.645. The van der Waals surface area contributed by atoms with Crippen molar-refractivity contribution in [1.82, 2.24) is 0 Å². The first-order chi connectivity index (χ1) is 8.75. The van der Waals surface area contributed by atoms with Crippen molar-refractivity contribution in [3.63, 3.8) is 0 Å². The van der Waals surface area contributed by atoms with E-state index in [1.54, 1.807) is 12.1 Å². The van der Waals surface area contributed by atoms with E-state index in [1.165, 1.54) is 25.7 Å². The fourth-order valence-corrected chi connectivity index (χ4v) is 2.66. The second-order valence-corrected chi connectivity index (χ2v) is 5.19. The standard InChI is InChI=1S/C16H20O2/c17-15(11-10-13-6-4-5-7-13)12-16(18)14-8-2-1-3-9-14/h1-3,8-9,13H,4-7,10-12H2. The highest BCUT2D eigenvalue weighted by atomic mass is 16.1. The Morgan fingerprint density at radius 3 is 2.39 bits per heavy atom. The molecular weight excluding hydrogens is 224 g/mol. The van der Waals surface area contributed by atoms with Gasteiger partial charge in [-0.2, -0.15) is 0 Å². The molecule has 1 aromatic rings. The summed E-state index contributed by atoms with van der Waals surface area (Å²) >= 11 is 0. The molecule has 0 radical (unpaired) electrons. The van der Waals surface area contributed by atoms with E-state index in [9.17, 15) is 9.59 Å². The number of rotatable bonds is 6. The molecule has 1 fully saturated rings. The SMILES string of the molecule is O=C(CCC1CCCC1)CC(=O)c1ccccc1. The van der Waals surface area contributed by atoms with E-state index in [0.717, 1.165) is 12.3 Å². The van der Waals surface area contributed by atoms with Gasteiger partial charge in [-0.25, -0.2) is 0 Å². The van der Waals surface area contributed by atoms with Gasteiger partial charge in [-0.05, 0) is 12.3 Å². The number of benzene rings is 1. The third-order valence-corrected chi connectivity index (χ3v) is 3.76. The van der Waals surface area contributed by atoms with Crippen LogP contribution in [-0.4, -0.2) is 11.6 Å². The Kier molecular flexibility index (Phi) is 4.68. The van der Waals surface area contributed by atoms with E-state index in [2.05, 4.69) is 0 Å². The van der Waals surface area contributed by atoms with Gasteiger partial charge in [-0.15, -0.1) is 0 Å². The van der Waals surface area contributed by atoms with Crippen molar-refractivity contribution in [2.75, 3.05) is 0 Å². The Morgan fingerprint density at radius 2 is 1.72 bits per heavy atom. The maximum atomic E-state index is 11.8. The second kappa shape index (κ2) is 6.48. The lowest BCUT2D eigenvalue weighted by Crippen LogP contribution is -2.09. The highest BCUT2D eigenvalue weighted by molar-refractivity contribution is 6.07. The van der Waals surface area contributed by atoms with Crippen molar-refractivity contribution in [2.24, 2.45) is 5.92 Å². The van der Waals surface area contributed by atoms with E-state index in [1.807, 2.05) is 18.2 Å². The van der Waals surface area contributed by atoms with Crippen LogP contribution in [0.4, 0.5) is 0 Å². The van der Waals surface area contributed by atoms with Crippen LogP contribution in [0.25, 0.3) is 0 Å². The largest absolute Gasteiger partial charge is 0.299 e. The molecule has 1 saturated carbocycles. The van der Waals surface area contributed by atoms with E-state index in [4.69, 9.17) is 0 Å². The minimum Gasteiger partial charge on any atom is -0.299 e. The Hall–Kier alpha value is -1.44. The summed E-state index contributed by atoms with van der Waals surface area (Å²) in [5, 5.41) is 0. The number of ketones is 2. The number of hydrogen-bond acceptors (Lipinski definition) is 2. The molecule has 0 heterocycles. The van der Waals surface area contributed by atoms with Crippen LogP contribution >= 0.6 is 0 Å². The summed E-state index contributed by atoms with van der Waals surface area (Å²) in [4.78, 5) is 23.6. The van der Waals surface area contributed by atoms with Crippen LogP contribution in [0.15, 0.2) is 30.3 Å². The first kappa shape index (κ1) is 13.0. The van der Waals surface area contributed by atoms with E-state index in [-0.39, 0.29) is 18.0 Å². The number of carbonyl (C=O) groups is 2. The van der Waals surface area contributed by atoms with Crippen molar-refractivity contribution in [2.45, 2.75) is 44.9 Å². The van der Waals surface area contributed by atoms with Crippen LogP contribution in [0.1, 0.15) is 55.3 Å². The molecule has 18 heavy (non-hydrogen) atoms. The average molecular weight is 244 g/mol. The van der Waals surface area contributed by atoms with Crippen molar-refractivity contribution in [3.05, 3.63) is 35.9 Å². The Labute approximate surface area is 108 Å². The van der Waals surface area contributed by atoms with E-state index >= 15 is 0 Å². The molecular formula is C16H20O2. The summed E-state index contributed by atoms with van der Waals surface area (Å²) in [6.07, 6.45) is 6.75. The topological polar surface area (TPSA) is 34.1 Å². The first-order valence-corrected chi connectivity index (χ1v) is 6.85. The van der Waals surface area contributed by atoms with Gasteiger partial charge in [0.15, 0.2) is 5.78 Å². The molecule has 96 valence electrons. The zero-order valence-corrected chi connectivity index (χ0v) is 10.7. The van der Waals surface area contributed by atoms with Crippen molar-refractivity contribution in [3.8, 4) is 0 Å². The Morgan fingerprint density at radius 1 is 1.06 bits per heavy atom. The maximum Gasteiger partial charge on any atom is 0.170 e. The molecule has 0 saturated heterocycles. The fourth-order valence-electron chi connectivity index (χ4n) is 2.66. The molecule has 0 unspecified atom stereocenters. The quantitative estimate of drug-likeness (QED) is 0.563. The van der Waals surface area contributed by atoms with Crippen LogP contribution in [0, 0.1) is 5.92 Å². The summed E-state index contributed by atoms with van der Waals surface area (Å²) in [6, 6.07) is 9.07. The van der Waals surface area contributed by atoms with Crippen LogP contribution in [0.2, 0.25) is 0 Å². The molecule has 2 heteroatoms. The van der Waals surface area contributed by atoms with Crippen molar-refractivity contribution < 1.29 is 9.59 Å².